The van der Waals surface area contributed by atoms with Crippen molar-refractivity contribution in [3.8, 4) is 0 Å². The van der Waals surface area contributed by atoms with Crippen molar-refractivity contribution in [3.63, 3.8) is 0 Å². The van der Waals surface area contributed by atoms with E-state index in [1.807, 2.05) is 0 Å². The summed E-state index contributed by atoms with van der Waals surface area (Å²) in [6, 6.07) is 0. The summed E-state index contributed by atoms with van der Waals surface area (Å²) in [5.74, 6) is 0. The molecule has 0 aliphatic rings. The molecule has 0 aromatic carbocycles. The normalized spacial score (nSPS) is 13.4. The first-order chi connectivity index (χ1) is 28.1. The van der Waals surface area contributed by atoms with Gasteiger partial charge in [-0.15, -0.1) is 0 Å². The smallest absolute Gasteiger partial charge is 0.0809 e. The van der Waals surface area contributed by atoms with Gasteiger partial charge in [0.15, 0.2) is 0 Å². The van der Waals surface area contributed by atoms with Crippen LogP contribution in [0.1, 0.15) is 284 Å². The molecule has 57 heavy (non-hydrogen) atoms. The molecule has 0 heterocycles. The fraction of sp³-hybridized carbons (Fsp3) is 1.00. The summed E-state index contributed by atoms with van der Waals surface area (Å²) >= 11 is 0. The lowest BCUT2D eigenvalue weighted by Crippen LogP contribution is -2.26. The molecule has 0 spiro atoms. The van der Waals surface area contributed by atoms with Crippen molar-refractivity contribution in [3.05, 3.63) is 0 Å². The van der Waals surface area contributed by atoms with Gasteiger partial charge in [0.1, 0.15) is 0 Å². The molecular formula is C52H106O5. The van der Waals surface area contributed by atoms with E-state index in [0.717, 1.165) is 38.5 Å². The largest absolute Gasteiger partial charge is 0.391 e. The molecule has 0 saturated carbocycles. The van der Waals surface area contributed by atoms with Gasteiger partial charge in [-0.3, -0.25) is 0 Å². The molecule has 2 N–H and O–H groups in total. The molecule has 0 aromatic rings. The Morgan fingerprint density at radius 2 is 0.526 bits per heavy atom. The monoisotopic (exact) mass is 811 g/mol. The van der Waals surface area contributed by atoms with Crippen molar-refractivity contribution in [2.24, 2.45) is 0 Å². The van der Waals surface area contributed by atoms with Gasteiger partial charge in [0, 0.05) is 0 Å². The van der Waals surface area contributed by atoms with Crippen LogP contribution < -0.4 is 0 Å². The van der Waals surface area contributed by atoms with Crippen LogP contribution in [0, 0.1) is 0 Å². The molecule has 0 fully saturated rings. The third-order valence-electron chi connectivity index (χ3n) is 12.2. The number of ether oxygens (including phenoxy) is 3. The Kier molecular flexibility index (Phi) is 50.0. The quantitative estimate of drug-likeness (QED) is 0.0599. The van der Waals surface area contributed by atoms with E-state index < -0.39 is 0 Å². The highest BCUT2D eigenvalue weighted by Crippen LogP contribution is 2.17. The first-order valence-electron chi connectivity index (χ1n) is 26.3. The van der Waals surface area contributed by atoms with Crippen LogP contribution >= 0.6 is 0 Å². The Bertz CT molecular complexity index is 704. The van der Waals surface area contributed by atoms with Crippen LogP contribution in [0.2, 0.25) is 0 Å². The minimum absolute atomic E-state index is 0.0236. The van der Waals surface area contributed by atoms with Gasteiger partial charge < -0.3 is 24.4 Å². The van der Waals surface area contributed by atoms with Gasteiger partial charge in [0.05, 0.1) is 51.3 Å². The predicted octanol–water partition coefficient (Wildman–Crippen LogP) is 16.2. The van der Waals surface area contributed by atoms with E-state index in [1.165, 1.54) is 225 Å². The van der Waals surface area contributed by atoms with Crippen LogP contribution in [0.15, 0.2) is 0 Å². The molecule has 0 aliphatic heterocycles. The zero-order chi connectivity index (χ0) is 41.4. The summed E-state index contributed by atoms with van der Waals surface area (Å²) in [7, 11) is 0. The van der Waals surface area contributed by atoms with E-state index in [1.54, 1.807) is 0 Å². The van der Waals surface area contributed by atoms with Crippen LogP contribution in [-0.2, 0) is 14.2 Å². The SMILES string of the molecule is CCCCCCCCCCCCCCCCC(O)COC(CCCCCCCCCCCCCC)COCCOCC(O)CCCCCCCCCCCCCC. The molecule has 0 radical (unpaired) electrons. The molecule has 3 unspecified atom stereocenters. The van der Waals surface area contributed by atoms with E-state index in [4.69, 9.17) is 14.2 Å². The highest BCUT2D eigenvalue weighted by atomic mass is 16.6. The van der Waals surface area contributed by atoms with Crippen LogP contribution in [0.3, 0.4) is 0 Å². The Morgan fingerprint density at radius 1 is 0.281 bits per heavy atom. The highest BCUT2D eigenvalue weighted by molar-refractivity contribution is 4.63. The number of unbranched alkanes of at least 4 members (excludes halogenated alkanes) is 35. The first-order valence-corrected chi connectivity index (χ1v) is 26.3. The average molecular weight is 811 g/mol. The molecule has 5 heteroatoms. The Hall–Kier alpha value is -0.200. The fourth-order valence-corrected chi connectivity index (χ4v) is 8.19. The fourth-order valence-electron chi connectivity index (χ4n) is 8.19. The van der Waals surface area contributed by atoms with Gasteiger partial charge in [-0.05, 0) is 19.3 Å². The molecule has 0 aliphatic carbocycles. The van der Waals surface area contributed by atoms with Crippen molar-refractivity contribution in [2.75, 3.05) is 33.0 Å². The molecule has 5 nitrogen and oxygen atoms in total. The van der Waals surface area contributed by atoms with Crippen LogP contribution in [0.25, 0.3) is 0 Å². The number of hydrogen-bond donors (Lipinski definition) is 2. The number of hydrogen-bond acceptors (Lipinski definition) is 5. The van der Waals surface area contributed by atoms with E-state index in [2.05, 4.69) is 20.8 Å². The summed E-state index contributed by atoms with van der Waals surface area (Å²) in [6.45, 7) is 9.24. The van der Waals surface area contributed by atoms with E-state index >= 15 is 0 Å². The topological polar surface area (TPSA) is 68.2 Å². The lowest BCUT2D eigenvalue weighted by atomic mass is 10.0. The van der Waals surface area contributed by atoms with Gasteiger partial charge in [0.25, 0.3) is 0 Å². The van der Waals surface area contributed by atoms with Gasteiger partial charge in [0.2, 0.25) is 0 Å². The summed E-state index contributed by atoms with van der Waals surface area (Å²) in [4.78, 5) is 0. The van der Waals surface area contributed by atoms with E-state index in [-0.39, 0.29) is 18.3 Å². The molecule has 3 atom stereocenters. The Morgan fingerprint density at radius 3 is 0.842 bits per heavy atom. The first kappa shape index (κ1) is 56.8. The standard InChI is InChI=1S/C52H106O5/c1-4-7-10-13-16-19-22-25-26-28-31-34-37-40-43-51(54)48-57-52(44-41-38-35-32-29-24-21-18-15-12-9-6-3)49-56-46-45-55-47-50(53)42-39-36-33-30-27-23-20-17-14-11-8-5-2/h50-54H,4-49H2,1-3H3. The van der Waals surface area contributed by atoms with Gasteiger partial charge in [-0.25, -0.2) is 0 Å². The van der Waals surface area contributed by atoms with Gasteiger partial charge in [-0.2, -0.15) is 0 Å². The molecule has 0 amide bonds. The zero-order valence-corrected chi connectivity index (χ0v) is 39.4. The van der Waals surface area contributed by atoms with Crippen molar-refractivity contribution in [1.82, 2.24) is 0 Å². The second-order valence-electron chi connectivity index (χ2n) is 18.2. The molecule has 0 rings (SSSR count). The molecule has 0 saturated heterocycles. The van der Waals surface area contributed by atoms with Crippen LogP contribution in [0.5, 0.6) is 0 Å². The summed E-state index contributed by atoms with van der Waals surface area (Å²) < 4.78 is 18.1. The van der Waals surface area contributed by atoms with Gasteiger partial charge >= 0.3 is 0 Å². The second-order valence-corrected chi connectivity index (χ2v) is 18.2. The minimum atomic E-state index is -0.387. The average Bonchev–Trinajstić information content (AvgIpc) is 3.21. The summed E-state index contributed by atoms with van der Waals surface area (Å²) in [5, 5.41) is 21.1. The molecule has 0 aromatic heterocycles. The molecule has 0 bridgehead atoms. The highest BCUT2D eigenvalue weighted by Gasteiger charge is 2.13. The summed E-state index contributed by atoms with van der Waals surface area (Å²) in [6.07, 6.45) is 53.1. The number of aliphatic hydroxyl groups is 2. The third-order valence-corrected chi connectivity index (χ3v) is 12.2. The van der Waals surface area contributed by atoms with Crippen molar-refractivity contribution >= 4 is 0 Å². The van der Waals surface area contributed by atoms with E-state index in [9.17, 15) is 10.2 Å². The lowest BCUT2D eigenvalue weighted by Gasteiger charge is -2.20. The Balaban J connectivity index is 4.10. The van der Waals surface area contributed by atoms with Crippen molar-refractivity contribution in [1.29, 1.82) is 0 Å². The van der Waals surface area contributed by atoms with Gasteiger partial charge in [-0.1, -0.05) is 265 Å². The van der Waals surface area contributed by atoms with Crippen LogP contribution in [-0.4, -0.2) is 61.6 Å². The lowest BCUT2D eigenvalue weighted by molar-refractivity contribution is -0.0647. The minimum Gasteiger partial charge on any atom is -0.391 e. The third kappa shape index (κ3) is 48.3. The number of rotatable bonds is 51. The maximum Gasteiger partial charge on any atom is 0.0809 e. The Labute approximate surface area is 358 Å². The number of aliphatic hydroxyl groups excluding tert-OH is 2. The van der Waals surface area contributed by atoms with Crippen LogP contribution in [0.4, 0.5) is 0 Å². The maximum atomic E-state index is 10.7. The summed E-state index contributed by atoms with van der Waals surface area (Å²) in [5.41, 5.74) is 0. The molecular weight excluding hydrogens is 705 g/mol. The van der Waals surface area contributed by atoms with E-state index in [0.29, 0.717) is 33.0 Å². The predicted molar refractivity (Wildman–Crippen MR) is 250 cm³/mol. The second kappa shape index (κ2) is 50.2. The van der Waals surface area contributed by atoms with Crippen molar-refractivity contribution in [2.45, 2.75) is 302 Å². The van der Waals surface area contributed by atoms with Crippen molar-refractivity contribution < 1.29 is 24.4 Å². The zero-order valence-electron chi connectivity index (χ0n) is 39.4. The maximum absolute atomic E-state index is 10.7. The molecule has 344 valence electrons.